The summed E-state index contributed by atoms with van der Waals surface area (Å²) in [6.07, 6.45) is 0.680. The van der Waals surface area contributed by atoms with Gasteiger partial charge in [-0.15, -0.1) is 0 Å². The Bertz CT molecular complexity index is 990. The maximum absolute atomic E-state index is 12.8. The number of para-hydroxylation sites is 2. The molecular weight excluding hydrogens is 432 g/mol. The summed E-state index contributed by atoms with van der Waals surface area (Å²) in [6, 6.07) is 11.8. The van der Waals surface area contributed by atoms with Gasteiger partial charge in [-0.1, -0.05) is 26.0 Å². The number of nitrogens with zero attached hydrogens (tertiary/aromatic N) is 1. The second-order valence-corrected chi connectivity index (χ2v) is 8.77. The molecule has 2 aromatic carbocycles. The van der Waals surface area contributed by atoms with Crippen molar-refractivity contribution in [2.24, 2.45) is 0 Å². The van der Waals surface area contributed by atoms with Crippen molar-refractivity contribution in [3.8, 4) is 17.2 Å². The molecule has 0 heterocycles. The predicted molar refractivity (Wildman–Crippen MR) is 124 cm³/mol. The number of methoxy groups -OCH3 is 1. The highest BCUT2D eigenvalue weighted by Gasteiger charge is 2.23. The Morgan fingerprint density at radius 2 is 1.62 bits per heavy atom. The van der Waals surface area contributed by atoms with E-state index in [9.17, 15) is 13.2 Å². The molecule has 8 nitrogen and oxygen atoms in total. The lowest BCUT2D eigenvalue weighted by atomic mass is 10.2. The van der Waals surface area contributed by atoms with Crippen molar-refractivity contribution >= 4 is 21.6 Å². The van der Waals surface area contributed by atoms with Gasteiger partial charge < -0.3 is 19.5 Å². The van der Waals surface area contributed by atoms with Crippen LogP contribution in [0, 0.1) is 0 Å². The second-order valence-electron chi connectivity index (χ2n) is 6.83. The zero-order valence-corrected chi connectivity index (χ0v) is 19.9. The van der Waals surface area contributed by atoms with Gasteiger partial charge in [-0.3, -0.25) is 4.79 Å². The fourth-order valence-corrected chi connectivity index (χ4v) is 4.61. The van der Waals surface area contributed by atoms with Crippen molar-refractivity contribution in [2.45, 2.75) is 38.5 Å². The van der Waals surface area contributed by atoms with Gasteiger partial charge in [0.05, 0.1) is 30.9 Å². The van der Waals surface area contributed by atoms with Crippen LogP contribution in [0.25, 0.3) is 0 Å². The molecule has 0 radical (unpaired) electrons. The SMILES string of the molecule is CCOc1ccccc1OCCCC(=O)Nc1cc(S(=O)(=O)N(CC)CC)ccc1OC. The molecule has 0 aliphatic carbocycles. The van der Waals surface area contributed by atoms with Crippen LogP contribution in [0.5, 0.6) is 17.2 Å². The highest BCUT2D eigenvalue weighted by Crippen LogP contribution is 2.29. The van der Waals surface area contributed by atoms with E-state index in [1.807, 2.05) is 31.2 Å². The second kappa shape index (κ2) is 12.3. The summed E-state index contributed by atoms with van der Waals surface area (Å²) in [5.74, 6) is 1.42. The van der Waals surface area contributed by atoms with Crippen molar-refractivity contribution in [3.05, 3.63) is 42.5 Å². The molecule has 176 valence electrons. The molecule has 0 saturated carbocycles. The number of carbonyl (C=O) groups excluding carboxylic acids is 1. The minimum absolute atomic E-state index is 0.105. The van der Waals surface area contributed by atoms with Gasteiger partial charge >= 0.3 is 0 Å². The van der Waals surface area contributed by atoms with Crippen molar-refractivity contribution in [3.63, 3.8) is 0 Å². The largest absolute Gasteiger partial charge is 0.495 e. The van der Waals surface area contributed by atoms with Gasteiger partial charge in [-0.05, 0) is 43.7 Å². The summed E-state index contributed by atoms with van der Waals surface area (Å²) in [7, 11) is -2.18. The Kier molecular flexibility index (Phi) is 9.80. The van der Waals surface area contributed by atoms with Crippen LogP contribution in [0.15, 0.2) is 47.4 Å². The Hall–Kier alpha value is -2.78. The first-order valence-electron chi connectivity index (χ1n) is 10.7. The summed E-state index contributed by atoms with van der Waals surface area (Å²) in [5.41, 5.74) is 0.313. The monoisotopic (exact) mass is 464 g/mol. The molecule has 32 heavy (non-hydrogen) atoms. The summed E-state index contributed by atoms with van der Waals surface area (Å²) < 4.78 is 43.5. The van der Waals surface area contributed by atoms with Gasteiger partial charge in [-0.25, -0.2) is 8.42 Å². The van der Waals surface area contributed by atoms with Crippen molar-refractivity contribution in [1.82, 2.24) is 4.31 Å². The number of rotatable bonds is 13. The lowest BCUT2D eigenvalue weighted by Gasteiger charge is -2.19. The number of hydrogen-bond acceptors (Lipinski definition) is 6. The standard InChI is InChI=1S/C23H32N2O6S/c1-5-25(6-2)32(27,28)18-14-15-20(29-4)19(17-18)24-23(26)13-10-16-31-22-12-9-8-11-21(22)30-7-3/h8-9,11-12,14-15,17H,5-7,10,13,16H2,1-4H3,(H,24,26). The van der Waals surface area contributed by atoms with Crippen LogP contribution in [-0.2, 0) is 14.8 Å². The molecule has 2 rings (SSSR count). The molecule has 9 heteroatoms. The van der Waals surface area contributed by atoms with Crippen molar-refractivity contribution in [1.29, 1.82) is 0 Å². The summed E-state index contributed by atoms with van der Waals surface area (Å²) in [6.45, 7) is 7.05. The summed E-state index contributed by atoms with van der Waals surface area (Å²) in [4.78, 5) is 12.6. The van der Waals surface area contributed by atoms with Gasteiger partial charge in [0.2, 0.25) is 15.9 Å². The third kappa shape index (κ3) is 6.61. The van der Waals surface area contributed by atoms with E-state index in [1.54, 1.807) is 19.9 Å². The Morgan fingerprint density at radius 1 is 0.969 bits per heavy atom. The lowest BCUT2D eigenvalue weighted by Crippen LogP contribution is -2.30. The molecule has 0 spiro atoms. The number of ether oxygens (including phenoxy) is 3. The Labute approximate surface area is 190 Å². The number of nitrogens with one attached hydrogen (secondary N) is 1. The normalized spacial score (nSPS) is 11.3. The zero-order chi connectivity index (χ0) is 23.6. The molecule has 0 bridgehead atoms. The molecule has 0 aliphatic heterocycles. The molecule has 0 fully saturated rings. The van der Waals surface area contributed by atoms with E-state index < -0.39 is 10.0 Å². The molecule has 0 unspecified atom stereocenters. The van der Waals surface area contributed by atoms with Gasteiger partial charge in [0.15, 0.2) is 11.5 Å². The third-order valence-electron chi connectivity index (χ3n) is 4.74. The molecule has 0 atom stereocenters. The lowest BCUT2D eigenvalue weighted by molar-refractivity contribution is -0.116. The van der Waals surface area contributed by atoms with Gasteiger partial charge in [0, 0.05) is 19.5 Å². The maximum Gasteiger partial charge on any atom is 0.243 e. The first kappa shape index (κ1) is 25.5. The number of amides is 1. The maximum atomic E-state index is 12.8. The molecule has 1 amide bonds. The van der Waals surface area contributed by atoms with Crippen LogP contribution in [0.4, 0.5) is 5.69 Å². The topological polar surface area (TPSA) is 94.2 Å². The minimum Gasteiger partial charge on any atom is -0.495 e. The quantitative estimate of drug-likeness (QED) is 0.452. The van der Waals surface area contributed by atoms with Crippen LogP contribution >= 0.6 is 0 Å². The Morgan fingerprint density at radius 3 is 2.22 bits per heavy atom. The van der Waals surface area contributed by atoms with E-state index in [1.165, 1.54) is 23.5 Å². The third-order valence-corrected chi connectivity index (χ3v) is 6.79. The molecule has 2 aromatic rings. The number of carbonyl (C=O) groups is 1. The van der Waals surface area contributed by atoms with Crippen LogP contribution < -0.4 is 19.5 Å². The van der Waals surface area contributed by atoms with Crippen molar-refractivity contribution in [2.75, 3.05) is 38.7 Å². The number of anilines is 1. The van der Waals surface area contributed by atoms with E-state index >= 15 is 0 Å². The van der Waals surface area contributed by atoms with E-state index in [0.717, 1.165) is 0 Å². The minimum atomic E-state index is -3.65. The molecule has 0 aromatic heterocycles. The fourth-order valence-electron chi connectivity index (χ4n) is 3.13. The van der Waals surface area contributed by atoms with Crippen LogP contribution in [0.3, 0.4) is 0 Å². The van der Waals surface area contributed by atoms with Crippen LogP contribution in [-0.4, -0.2) is 52.0 Å². The first-order valence-corrected chi connectivity index (χ1v) is 12.1. The number of sulfonamides is 1. The highest BCUT2D eigenvalue weighted by atomic mass is 32.2. The van der Waals surface area contributed by atoms with Crippen LogP contribution in [0.2, 0.25) is 0 Å². The van der Waals surface area contributed by atoms with E-state index in [2.05, 4.69) is 5.32 Å². The number of hydrogen-bond donors (Lipinski definition) is 1. The first-order chi connectivity index (χ1) is 15.4. The molecular formula is C23H32N2O6S. The van der Waals surface area contributed by atoms with E-state index in [0.29, 0.717) is 55.7 Å². The molecule has 0 saturated heterocycles. The van der Waals surface area contributed by atoms with Crippen molar-refractivity contribution < 1.29 is 27.4 Å². The molecule has 0 aliphatic rings. The number of benzene rings is 2. The summed E-state index contributed by atoms with van der Waals surface area (Å²) in [5, 5.41) is 2.75. The smallest absolute Gasteiger partial charge is 0.243 e. The average Bonchev–Trinajstić information content (AvgIpc) is 2.78. The predicted octanol–water partition coefficient (Wildman–Crippen LogP) is 3.92. The van der Waals surface area contributed by atoms with Gasteiger partial charge in [0.25, 0.3) is 0 Å². The van der Waals surface area contributed by atoms with E-state index in [-0.39, 0.29) is 17.2 Å². The zero-order valence-electron chi connectivity index (χ0n) is 19.1. The van der Waals surface area contributed by atoms with Gasteiger partial charge in [-0.2, -0.15) is 4.31 Å². The van der Waals surface area contributed by atoms with E-state index in [4.69, 9.17) is 14.2 Å². The average molecular weight is 465 g/mol. The molecule has 1 N–H and O–H groups in total. The Balaban J connectivity index is 2.00. The van der Waals surface area contributed by atoms with Crippen LogP contribution in [0.1, 0.15) is 33.6 Å². The van der Waals surface area contributed by atoms with Gasteiger partial charge in [0.1, 0.15) is 5.75 Å². The summed E-state index contributed by atoms with van der Waals surface area (Å²) >= 11 is 0. The fraction of sp³-hybridized carbons (Fsp3) is 0.435. The highest BCUT2D eigenvalue weighted by molar-refractivity contribution is 7.89.